The van der Waals surface area contributed by atoms with Crippen LogP contribution in [0.3, 0.4) is 0 Å². The fraction of sp³-hybridized carbons (Fsp3) is 0.214. The lowest BCUT2D eigenvalue weighted by Crippen LogP contribution is -2.02. The van der Waals surface area contributed by atoms with E-state index < -0.39 is 0 Å². The van der Waals surface area contributed by atoms with Gasteiger partial charge in [-0.3, -0.25) is 0 Å². The Morgan fingerprint density at radius 1 is 1.32 bits per heavy atom. The van der Waals surface area contributed by atoms with Crippen molar-refractivity contribution < 1.29 is 0 Å². The molecular weight excluding hydrogens is 344 g/mol. The van der Waals surface area contributed by atoms with E-state index in [0.717, 1.165) is 27.9 Å². The van der Waals surface area contributed by atoms with E-state index in [-0.39, 0.29) is 0 Å². The van der Waals surface area contributed by atoms with Crippen molar-refractivity contribution in [3.63, 3.8) is 0 Å². The lowest BCUT2D eigenvalue weighted by atomic mass is 10.3. The van der Waals surface area contributed by atoms with Crippen LogP contribution in [0.2, 0.25) is 0 Å². The van der Waals surface area contributed by atoms with E-state index in [1.807, 2.05) is 23.5 Å². The molecule has 0 unspecified atom stereocenters. The van der Waals surface area contributed by atoms with Gasteiger partial charge in [-0.05, 0) is 37.3 Å². The van der Waals surface area contributed by atoms with Gasteiger partial charge in [-0.25, -0.2) is 4.98 Å². The third-order valence-electron chi connectivity index (χ3n) is 3.02. The van der Waals surface area contributed by atoms with Gasteiger partial charge in [-0.2, -0.15) is 0 Å². The molecule has 0 spiro atoms. The molecule has 0 amide bonds. The van der Waals surface area contributed by atoms with Crippen LogP contribution >= 0.6 is 38.9 Å². The van der Waals surface area contributed by atoms with E-state index in [4.69, 9.17) is 11.6 Å². The molecule has 0 saturated carbocycles. The zero-order chi connectivity index (χ0) is 13.4. The zero-order valence-electron chi connectivity index (χ0n) is 10.4. The first-order valence-corrected chi connectivity index (χ1v) is 8.07. The summed E-state index contributed by atoms with van der Waals surface area (Å²) in [5.74, 6) is 1.34. The predicted molar refractivity (Wildman–Crippen MR) is 85.1 cm³/mol. The minimum absolute atomic E-state index is 0.427. The summed E-state index contributed by atoms with van der Waals surface area (Å²) in [7, 11) is 0. The molecule has 0 aliphatic heterocycles. The van der Waals surface area contributed by atoms with Crippen molar-refractivity contribution in [3.05, 3.63) is 50.4 Å². The average molecular weight is 356 g/mol. The molecule has 0 radical (unpaired) electrons. The van der Waals surface area contributed by atoms with Gasteiger partial charge in [0, 0.05) is 14.2 Å². The molecule has 19 heavy (non-hydrogen) atoms. The average Bonchev–Trinajstić information content (AvgIpc) is 2.94. The summed E-state index contributed by atoms with van der Waals surface area (Å²) in [5, 5.41) is 0. The zero-order valence-corrected chi connectivity index (χ0v) is 13.5. The molecule has 0 aliphatic rings. The van der Waals surface area contributed by atoms with E-state index in [1.165, 1.54) is 9.75 Å². The molecule has 3 aromatic rings. The minimum atomic E-state index is 0.427. The van der Waals surface area contributed by atoms with Gasteiger partial charge >= 0.3 is 0 Å². The number of imidazole rings is 1. The number of hydrogen-bond acceptors (Lipinski definition) is 2. The number of nitrogens with zero attached hydrogens (tertiary/aromatic N) is 2. The van der Waals surface area contributed by atoms with Gasteiger partial charge in [0.1, 0.15) is 5.82 Å². The topological polar surface area (TPSA) is 17.8 Å². The van der Waals surface area contributed by atoms with Crippen LogP contribution in [0.15, 0.2) is 34.8 Å². The third-order valence-corrected chi connectivity index (χ3v) is 4.74. The highest BCUT2D eigenvalue weighted by Gasteiger charge is 2.11. The highest BCUT2D eigenvalue weighted by Crippen LogP contribution is 2.24. The van der Waals surface area contributed by atoms with Crippen LogP contribution in [0.25, 0.3) is 11.0 Å². The molecule has 0 atom stereocenters. The summed E-state index contributed by atoms with van der Waals surface area (Å²) in [6.07, 6.45) is 0. The van der Waals surface area contributed by atoms with Gasteiger partial charge in [0.05, 0.1) is 23.5 Å². The third kappa shape index (κ3) is 2.57. The lowest BCUT2D eigenvalue weighted by molar-refractivity contribution is 0.789. The molecule has 0 N–H and O–H groups in total. The Morgan fingerprint density at radius 2 is 2.16 bits per heavy atom. The van der Waals surface area contributed by atoms with Crippen LogP contribution in [-0.4, -0.2) is 9.55 Å². The number of rotatable bonds is 3. The van der Waals surface area contributed by atoms with Crippen molar-refractivity contribution in [1.29, 1.82) is 0 Å². The standard InChI is InChI=1S/C14H12BrClN2S/c1-9-2-4-11(19-9)8-18-13-5-3-10(15)6-12(13)17-14(18)7-16/h2-6H,7-8H2,1H3. The highest BCUT2D eigenvalue weighted by atomic mass is 79.9. The van der Waals surface area contributed by atoms with Crippen LogP contribution in [0.1, 0.15) is 15.6 Å². The second-order valence-electron chi connectivity index (χ2n) is 4.39. The van der Waals surface area contributed by atoms with E-state index >= 15 is 0 Å². The van der Waals surface area contributed by atoms with Gasteiger partial charge in [0.25, 0.3) is 0 Å². The van der Waals surface area contributed by atoms with Gasteiger partial charge in [-0.15, -0.1) is 22.9 Å². The van der Waals surface area contributed by atoms with Crippen LogP contribution in [-0.2, 0) is 12.4 Å². The SMILES string of the molecule is Cc1ccc(Cn2c(CCl)nc3cc(Br)ccc32)s1. The van der Waals surface area contributed by atoms with Crippen molar-refractivity contribution >= 4 is 49.9 Å². The first-order valence-electron chi connectivity index (χ1n) is 5.93. The Balaban J connectivity index is 2.10. The molecule has 0 aliphatic carbocycles. The molecule has 1 aromatic carbocycles. The maximum Gasteiger partial charge on any atom is 0.125 e. The van der Waals surface area contributed by atoms with E-state index in [9.17, 15) is 0 Å². The largest absolute Gasteiger partial charge is 0.322 e. The van der Waals surface area contributed by atoms with Gasteiger partial charge in [-0.1, -0.05) is 15.9 Å². The summed E-state index contributed by atoms with van der Waals surface area (Å²) in [5.41, 5.74) is 2.11. The maximum absolute atomic E-state index is 6.02. The summed E-state index contributed by atoms with van der Waals surface area (Å²) in [4.78, 5) is 7.25. The van der Waals surface area contributed by atoms with Gasteiger partial charge < -0.3 is 4.57 Å². The monoisotopic (exact) mass is 354 g/mol. The lowest BCUT2D eigenvalue weighted by Gasteiger charge is -2.05. The quantitative estimate of drug-likeness (QED) is 0.607. The predicted octanol–water partition coefficient (Wildman–Crippen LogP) is 4.96. The second-order valence-corrected chi connectivity index (χ2v) is 6.95. The van der Waals surface area contributed by atoms with Crippen LogP contribution in [0.5, 0.6) is 0 Å². The summed E-state index contributed by atoms with van der Waals surface area (Å²) in [6.45, 7) is 2.96. The van der Waals surface area contributed by atoms with E-state index in [0.29, 0.717) is 5.88 Å². The molecule has 2 nitrogen and oxygen atoms in total. The Morgan fingerprint density at radius 3 is 2.84 bits per heavy atom. The molecule has 98 valence electrons. The fourth-order valence-corrected chi connectivity index (χ4v) is 3.59. The molecule has 3 rings (SSSR count). The van der Waals surface area contributed by atoms with E-state index in [2.05, 4.69) is 50.6 Å². The van der Waals surface area contributed by atoms with Crippen molar-refractivity contribution in [2.75, 3.05) is 0 Å². The molecule has 5 heteroatoms. The fourth-order valence-electron chi connectivity index (χ4n) is 2.16. The van der Waals surface area contributed by atoms with Crippen molar-refractivity contribution in [2.45, 2.75) is 19.3 Å². The first kappa shape index (κ1) is 13.2. The molecule has 0 bridgehead atoms. The number of aryl methyl sites for hydroxylation is 1. The van der Waals surface area contributed by atoms with Gasteiger partial charge in [0.15, 0.2) is 0 Å². The van der Waals surface area contributed by atoms with Crippen LogP contribution < -0.4 is 0 Å². The Hall–Kier alpha value is -0.840. The number of thiophene rings is 1. The van der Waals surface area contributed by atoms with Crippen LogP contribution in [0, 0.1) is 6.92 Å². The number of benzene rings is 1. The summed E-state index contributed by atoms with van der Waals surface area (Å²) < 4.78 is 3.23. The van der Waals surface area contributed by atoms with E-state index in [1.54, 1.807) is 0 Å². The highest BCUT2D eigenvalue weighted by molar-refractivity contribution is 9.10. The van der Waals surface area contributed by atoms with Gasteiger partial charge in [0.2, 0.25) is 0 Å². The molecule has 2 aromatic heterocycles. The second kappa shape index (κ2) is 5.27. The number of halogens is 2. The van der Waals surface area contributed by atoms with Crippen LogP contribution in [0.4, 0.5) is 0 Å². The smallest absolute Gasteiger partial charge is 0.125 e. The minimum Gasteiger partial charge on any atom is -0.322 e. The molecular formula is C14H12BrClN2S. The number of aromatic nitrogens is 2. The Bertz CT molecular complexity index is 732. The number of fused-ring (bicyclic) bond motifs is 1. The summed E-state index contributed by atoms with van der Waals surface area (Å²) in [6, 6.07) is 10.5. The molecule has 2 heterocycles. The Kier molecular flexibility index (Phi) is 3.65. The Labute approximate surface area is 129 Å². The van der Waals surface area contributed by atoms with Crippen molar-refractivity contribution in [1.82, 2.24) is 9.55 Å². The van der Waals surface area contributed by atoms with Crippen molar-refractivity contribution in [3.8, 4) is 0 Å². The number of hydrogen-bond donors (Lipinski definition) is 0. The molecule has 0 saturated heterocycles. The summed E-state index contributed by atoms with van der Waals surface area (Å²) >= 11 is 11.3. The van der Waals surface area contributed by atoms with Crippen molar-refractivity contribution in [2.24, 2.45) is 0 Å². The normalized spacial score (nSPS) is 11.3. The number of alkyl halides is 1. The maximum atomic E-state index is 6.02. The first-order chi connectivity index (χ1) is 9.17. The molecule has 0 fully saturated rings.